The summed E-state index contributed by atoms with van der Waals surface area (Å²) in [4.78, 5) is 23.2. The minimum atomic E-state index is -0.273. The molecule has 0 aliphatic heterocycles. The van der Waals surface area contributed by atoms with Gasteiger partial charge in [-0.05, 0) is 45.6 Å². The van der Waals surface area contributed by atoms with E-state index < -0.39 is 0 Å². The van der Waals surface area contributed by atoms with Crippen molar-refractivity contribution in [2.45, 2.75) is 59.4 Å². The molecule has 0 saturated heterocycles. The van der Waals surface area contributed by atoms with E-state index in [0.29, 0.717) is 13.0 Å². The van der Waals surface area contributed by atoms with Gasteiger partial charge in [0.15, 0.2) is 0 Å². The Balaban J connectivity index is 3.91. The van der Waals surface area contributed by atoms with Crippen molar-refractivity contribution in [1.82, 2.24) is 10.6 Å². The van der Waals surface area contributed by atoms with Crippen LogP contribution in [0.4, 0.5) is 0 Å². The monoisotopic (exact) mass is 271 g/mol. The van der Waals surface area contributed by atoms with E-state index in [1.54, 1.807) is 0 Å². The number of hydrogen-bond donors (Lipinski definition) is 3. The summed E-state index contributed by atoms with van der Waals surface area (Å²) in [6.45, 7) is 10.6. The molecule has 0 heterocycles. The molecular weight excluding hydrogens is 242 g/mol. The van der Waals surface area contributed by atoms with Crippen molar-refractivity contribution in [3.63, 3.8) is 0 Å². The normalized spacial score (nSPS) is 12.1. The fraction of sp³-hybridized carbons (Fsp3) is 0.857. The fourth-order valence-electron chi connectivity index (χ4n) is 1.70. The molecule has 0 aromatic rings. The van der Waals surface area contributed by atoms with Crippen LogP contribution in [0, 0.1) is 5.41 Å². The molecule has 0 radical (unpaired) electrons. The summed E-state index contributed by atoms with van der Waals surface area (Å²) < 4.78 is 0. The molecule has 2 amide bonds. The van der Waals surface area contributed by atoms with Gasteiger partial charge in [-0.25, -0.2) is 0 Å². The van der Waals surface area contributed by atoms with Crippen LogP contribution < -0.4 is 16.4 Å². The van der Waals surface area contributed by atoms with Crippen LogP contribution in [-0.2, 0) is 9.59 Å². The Hall–Kier alpha value is -1.10. The van der Waals surface area contributed by atoms with Gasteiger partial charge in [-0.15, -0.1) is 0 Å². The molecular formula is C14H29N3O2. The summed E-state index contributed by atoms with van der Waals surface area (Å²) in [6, 6.07) is 0. The molecule has 0 aromatic carbocycles. The van der Waals surface area contributed by atoms with E-state index >= 15 is 0 Å². The van der Waals surface area contributed by atoms with Crippen molar-refractivity contribution in [2.24, 2.45) is 11.1 Å². The highest BCUT2D eigenvalue weighted by atomic mass is 16.2. The molecule has 0 aliphatic rings. The molecule has 0 rings (SSSR count). The summed E-state index contributed by atoms with van der Waals surface area (Å²) in [5, 5.41) is 5.43. The van der Waals surface area contributed by atoms with Gasteiger partial charge in [-0.1, -0.05) is 13.8 Å². The van der Waals surface area contributed by atoms with Gasteiger partial charge < -0.3 is 16.4 Å². The lowest BCUT2D eigenvalue weighted by atomic mass is 9.84. The predicted octanol–water partition coefficient (Wildman–Crippen LogP) is 1.17. The molecule has 0 spiro atoms. The molecule has 4 N–H and O–H groups in total. The van der Waals surface area contributed by atoms with Crippen LogP contribution in [-0.4, -0.2) is 30.4 Å². The van der Waals surface area contributed by atoms with E-state index in [-0.39, 0.29) is 29.3 Å². The van der Waals surface area contributed by atoms with Crippen LogP contribution in [0.3, 0.4) is 0 Å². The number of carbonyl (C=O) groups is 2. The van der Waals surface area contributed by atoms with Crippen molar-refractivity contribution < 1.29 is 9.59 Å². The average molecular weight is 271 g/mol. The van der Waals surface area contributed by atoms with Gasteiger partial charge in [0.25, 0.3) is 0 Å². The zero-order valence-corrected chi connectivity index (χ0v) is 12.9. The Labute approximate surface area is 116 Å². The molecule has 0 aliphatic carbocycles. The number of nitrogens with one attached hydrogen (secondary N) is 2. The Bertz CT molecular complexity index is 306. The van der Waals surface area contributed by atoms with Gasteiger partial charge in [0.2, 0.25) is 11.8 Å². The van der Waals surface area contributed by atoms with Gasteiger partial charge in [0.1, 0.15) is 0 Å². The minimum absolute atomic E-state index is 0.0351. The van der Waals surface area contributed by atoms with Crippen LogP contribution in [0.2, 0.25) is 0 Å². The first-order valence-corrected chi connectivity index (χ1v) is 6.83. The lowest BCUT2D eigenvalue weighted by Crippen LogP contribution is -2.45. The van der Waals surface area contributed by atoms with Gasteiger partial charge >= 0.3 is 0 Å². The van der Waals surface area contributed by atoms with Crippen molar-refractivity contribution >= 4 is 11.8 Å². The molecule has 5 heteroatoms. The van der Waals surface area contributed by atoms with Gasteiger partial charge in [-0.2, -0.15) is 0 Å². The first kappa shape index (κ1) is 17.9. The van der Waals surface area contributed by atoms with E-state index in [4.69, 9.17) is 5.73 Å². The molecule has 0 bridgehead atoms. The van der Waals surface area contributed by atoms with Crippen LogP contribution in [0.25, 0.3) is 0 Å². The Morgan fingerprint density at radius 1 is 1.00 bits per heavy atom. The third-order valence-electron chi connectivity index (χ3n) is 2.81. The zero-order valence-electron chi connectivity index (χ0n) is 12.9. The Morgan fingerprint density at radius 3 is 2.05 bits per heavy atom. The predicted molar refractivity (Wildman–Crippen MR) is 77.6 cm³/mol. The quantitative estimate of drug-likeness (QED) is 0.650. The van der Waals surface area contributed by atoms with E-state index in [1.807, 2.05) is 20.8 Å². The maximum atomic E-state index is 11.6. The van der Waals surface area contributed by atoms with Gasteiger partial charge in [0, 0.05) is 12.0 Å². The largest absolute Gasteiger partial charge is 0.350 e. The van der Waals surface area contributed by atoms with Crippen LogP contribution in [0.15, 0.2) is 0 Å². The average Bonchev–Trinajstić information content (AvgIpc) is 2.21. The summed E-state index contributed by atoms with van der Waals surface area (Å²) in [7, 11) is 0. The topological polar surface area (TPSA) is 84.2 Å². The van der Waals surface area contributed by atoms with Crippen molar-refractivity contribution in [3.8, 4) is 0 Å². The Morgan fingerprint density at radius 2 is 1.58 bits per heavy atom. The molecule has 0 fully saturated rings. The number of hydrogen-bond acceptors (Lipinski definition) is 3. The molecule has 0 saturated carbocycles. The SMILES string of the molecule is CC(C)(CCN)CCC(=O)NCC(=O)NC(C)(C)C. The second kappa shape index (κ2) is 7.48. The van der Waals surface area contributed by atoms with Crippen LogP contribution >= 0.6 is 0 Å². The molecule has 112 valence electrons. The highest BCUT2D eigenvalue weighted by Crippen LogP contribution is 2.25. The lowest BCUT2D eigenvalue weighted by Gasteiger charge is -2.23. The highest BCUT2D eigenvalue weighted by Gasteiger charge is 2.19. The fourth-order valence-corrected chi connectivity index (χ4v) is 1.70. The van der Waals surface area contributed by atoms with Crippen molar-refractivity contribution in [1.29, 1.82) is 0 Å². The van der Waals surface area contributed by atoms with Crippen LogP contribution in [0.1, 0.15) is 53.9 Å². The number of amides is 2. The summed E-state index contributed by atoms with van der Waals surface area (Å²) in [6.07, 6.45) is 2.09. The molecule has 19 heavy (non-hydrogen) atoms. The third kappa shape index (κ3) is 10.5. The summed E-state index contributed by atoms with van der Waals surface area (Å²) >= 11 is 0. The number of nitrogens with two attached hydrogens (primary N) is 1. The minimum Gasteiger partial charge on any atom is -0.350 e. The molecule has 0 aromatic heterocycles. The van der Waals surface area contributed by atoms with E-state index in [2.05, 4.69) is 24.5 Å². The highest BCUT2D eigenvalue weighted by molar-refractivity contribution is 5.84. The molecule has 0 unspecified atom stereocenters. The van der Waals surface area contributed by atoms with E-state index in [9.17, 15) is 9.59 Å². The first-order chi connectivity index (χ1) is 8.56. The van der Waals surface area contributed by atoms with Crippen molar-refractivity contribution in [3.05, 3.63) is 0 Å². The maximum Gasteiger partial charge on any atom is 0.239 e. The molecule has 0 atom stereocenters. The standard InChI is InChI=1S/C14H29N3O2/c1-13(2,3)17-12(19)10-16-11(18)6-7-14(4,5)8-9-15/h6-10,15H2,1-5H3,(H,16,18)(H,17,19). The second-order valence-corrected chi connectivity index (χ2v) is 6.78. The van der Waals surface area contributed by atoms with Gasteiger partial charge in [-0.3, -0.25) is 9.59 Å². The maximum absolute atomic E-state index is 11.6. The lowest BCUT2D eigenvalue weighted by molar-refractivity contribution is -0.127. The number of carbonyl (C=O) groups excluding carboxylic acids is 2. The number of rotatable bonds is 7. The second-order valence-electron chi connectivity index (χ2n) is 6.78. The zero-order chi connectivity index (χ0) is 15.1. The summed E-state index contributed by atoms with van der Waals surface area (Å²) in [5.74, 6) is -0.253. The smallest absolute Gasteiger partial charge is 0.239 e. The van der Waals surface area contributed by atoms with Crippen molar-refractivity contribution in [2.75, 3.05) is 13.1 Å². The summed E-state index contributed by atoms with van der Waals surface area (Å²) in [5.41, 5.74) is 5.32. The first-order valence-electron chi connectivity index (χ1n) is 6.83. The van der Waals surface area contributed by atoms with E-state index in [1.165, 1.54) is 0 Å². The third-order valence-corrected chi connectivity index (χ3v) is 2.81. The Kier molecular flexibility index (Phi) is 7.05. The van der Waals surface area contributed by atoms with Crippen LogP contribution in [0.5, 0.6) is 0 Å². The van der Waals surface area contributed by atoms with E-state index in [0.717, 1.165) is 12.8 Å². The molecule has 5 nitrogen and oxygen atoms in total. The van der Waals surface area contributed by atoms with Gasteiger partial charge in [0.05, 0.1) is 6.54 Å².